The average molecular weight is 379 g/mol. The van der Waals surface area contributed by atoms with Crippen molar-refractivity contribution in [3.8, 4) is 11.3 Å². The van der Waals surface area contributed by atoms with Crippen molar-refractivity contribution >= 4 is 23.1 Å². The van der Waals surface area contributed by atoms with Crippen molar-refractivity contribution in [2.45, 2.75) is 19.4 Å². The Morgan fingerprint density at radius 3 is 2.85 bits per heavy atom. The molecule has 0 radical (unpaired) electrons. The standard InChI is InChI=1S/C21H22N4OS/c26-21(17-9-6-12-25(14-17)19-10-4-5-11-22-19)23-13-20-24-18(15-27-20)16-7-2-1-3-8-16/h1-5,7-8,10-11,15,17H,6,9,12-14H2,(H,23,26)/t17-/m1/s1. The molecule has 1 fully saturated rings. The summed E-state index contributed by atoms with van der Waals surface area (Å²) in [6, 6.07) is 16.0. The molecule has 0 saturated carbocycles. The zero-order valence-electron chi connectivity index (χ0n) is 15.0. The van der Waals surface area contributed by atoms with Gasteiger partial charge in [-0.1, -0.05) is 36.4 Å². The van der Waals surface area contributed by atoms with Crippen LogP contribution in [0.1, 0.15) is 17.8 Å². The van der Waals surface area contributed by atoms with Crippen LogP contribution < -0.4 is 10.2 Å². The fourth-order valence-electron chi connectivity index (χ4n) is 3.38. The smallest absolute Gasteiger partial charge is 0.225 e. The lowest BCUT2D eigenvalue weighted by Crippen LogP contribution is -2.43. The topological polar surface area (TPSA) is 58.1 Å². The van der Waals surface area contributed by atoms with Crippen molar-refractivity contribution in [2.24, 2.45) is 5.92 Å². The first kappa shape index (κ1) is 17.7. The van der Waals surface area contributed by atoms with Gasteiger partial charge < -0.3 is 10.2 Å². The molecule has 27 heavy (non-hydrogen) atoms. The van der Waals surface area contributed by atoms with E-state index in [2.05, 4.69) is 20.2 Å². The third-order valence-electron chi connectivity index (χ3n) is 4.80. The van der Waals surface area contributed by atoms with Crippen LogP contribution in [0.4, 0.5) is 5.82 Å². The van der Waals surface area contributed by atoms with E-state index in [9.17, 15) is 4.79 Å². The zero-order valence-corrected chi connectivity index (χ0v) is 15.9. The fraction of sp³-hybridized carbons (Fsp3) is 0.286. The minimum atomic E-state index is -0.00527. The number of rotatable bonds is 5. The van der Waals surface area contributed by atoms with Crippen molar-refractivity contribution in [3.05, 3.63) is 65.1 Å². The largest absolute Gasteiger partial charge is 0.356 e. The maximum atomic E-state index is 12.6. The van der Waals surface area contributed by atoms with Gasteiger partial charge in [0.05, 0.1) is 18.2 Å². The summed E-state index contributed by atoms with van der Waals surface area (Å²) >= 11 is 1.58. The number of nitrogens with zero attached hydrogens (tertiary/aromatic N) is 3. The summed E-state index contributed by atoms with van der Waals surface area (Å²) in [4.78, 5) is 23.9. The highest BCUT2D eigenvalue weighted by atomic mass is 32.1. The molecule has 1 saturated heterocycles. The summed E-state index contributed by atoms with van der Waals surface area (Å²) in [6.45, 7) is 2.15. The van der Waals surface area contributed by atoms with Gasteiger partial charge in [0.1, 0.15) is 10.8 Å². The number of carbonyl (C=O) groups is 1. The van der Waals surface area contributed by atoms with Gasteiger partial charge in [0.2, 0.25) is 5.91 Å². The van der Waals surface area contributed by atoms with Crippen LogP contribution in [-0.4, -0.2) is 29.0 Å². The second-order valence-electron chi connectivity index (χ2n) is 6.68. The summed E-state index contributed by atoms with van der Waals surface area (Å²) in [5.74, 6) is 1.05. The summed E-state index contributed by atoms with van der Waals surface area (Å²) < 4.78 is 0. The molecule has 2 aromatic heterocycles. The number of piperidine rings is 1. The normalized spacial score (nSPS) is 16.9. The fourth-order valence-corrected chi connectivity index (χ4v) is 4.12. The number of benzene rings is 1. The Balaban J connectivity index is 1.33. The van der Waals surface area contributed by atoms with Gasteiger partial charge in [-0.15, -0.1) is 11.3 Å². The highest BCUT2D eigenvalue weighted by Crippen LogP contribution is 2.23. The van der Waals surface area contributed by atoms with Gasteiger partial charge in [0.25, 0.3) is 0 Å². The van der Waals surface area contributed by atoms with Crippen molar-refractivity contribution < 1.29 is 4.79 Å². The number of carbonyl (C=O) groups excluding carboxylic acids is 1. The molecule has 0 unspecified atom stereocenters. The van der Waals surface area contributed by atoms with Gasteiger partial charge in [0.15, 0.2) is 0 Å². The molecule has 6 heteroatoms. The Labute approximate surface area is 163 Å². The van der Waals surface area contributed by atoms with Crippen LogP contribution >= 0.6 is 11.3 Å². The van der Waals surface area contributed by atoms with E-state index >= 15 is 0 Å². The monoisotopic (exact) mass is 378 g/mol. The van der Waals surface area contributed by atoms with E-state index in [0.717, 1.165) is 48.0 Å². The van der Waals surface area contributed by atoms with Gasteiger partial charge in [-0.25, -0.2) is 9.97 Å². The zero-order chi connectivity index (χ0) is 18.5. The predicted octanol–water partition coefficient (Wildman–Crippen LogP) is 3.74. The number of pyridine rings is 1. The number of nitrogens with one attached hydrogen (secondary N) is 1. The summed E-state index contributed by atoms with van der Waals surface area (Å²) in [5, 5.41) is 6.04. The molecule has 1 N–H and O–H groups in total. The Bertz CT molecular complexity index is 881. The minimum absolute atomic E-state index is 0.00527. The minimum Gasteiger partial charge on any atom is -0.356 e. The van der Waals surface area contributed by atoms with Gasteiger partial charge >= 0.3 is 0 Å². The molecule has 0 spiro atoms. The van der Waals surface area contributed by atoms with Crippen LogP contribution in [0.5, 0.6) is 0 Å². The second-order valence-corrected chi connectivity index (χ2v) is 7.63. The molecule has 1 aromatic carbocycles. The van der Waals surface area contributed by atoms with Gasteiger partial charge in [-0.2, -0.15) is 0 Å². The molecule has 0 aliphatic carbocycles. The SMILES string of the molecule is O=C(NCc1nc(-c2ccccc2)cs1)[C@@H]1CCCN(c2ccccn2)C1. The van der Waals surface area contributed by atoms with Crippen LogP contribution in [0.15, 0.2) is 60.1 Å². The molecule has 1 aliphatic rings. The molecule has 3 heterocycles. The molecule has 0 bridgehead atoms. The van der Waals surface area contributed by atoms with Crippen LogP contribution in [-0.2, 0) is 11.3 Å². The number of anilines is 1. The maximum absolute atomic E-state index is 12.6. The number of amides is 1. The maximum Gasteiger partial charge on any atom is 0.225 e. The molecule has 5 nitrogen and oxygen atoms in total. The number of aromatic nitrogens is 2. The van der Waals surface area contributed by atoms with Gasteiger partial charge in [-0.3, -0.25) is 4.79 Å². The Morgan fingerprint density at radius 1 is 1.19 bits per heavy atom. The first-order valence-electron chi connectivity index (χ1n) is 9.23. The molecule has 1 amide bonds. The molecule has 138 valence electrons. The van der Waals surface area contributed by atoms with Gasteiger partial charge in [0, 0.05) is 30.2 Å². The molecule has 1 aliphatic heterocycles. The summed E-state index contributed by atoms with van der Waals surface area (Å²) in [5.41, 5.74) is 2.06. The van der Waals surface area contributed by atoms with E-state index in [1.165, 1.54) is 0 Å². The molecular weight excluding hydrogens is 356 g/mol. The predicted molar refractivity (Wildman–Crippen MR) is 109 cm³/mol. The Kier molecular flexibility index (Phi) is 5.44. The van der Waals surface area contributed by atoms with Crippen LogP contribution in [0, 0.1) is 5.92 Å². The van der Waals surface area contributed by atoms with Crippen molar-refractivity contribution in [2.75, 3.05) is 18.0 Å². The first-order valence-corrected chi connectivity index (χ1v) is 10.1. The lowest BCUT2D eigenvalue weighted by atomic mass is 9.97. The van der Waals surface area contributed by atoms with Crippen molar-refractivity contribution in [3.63, 3.8) is 0 Å². The first-order chi connectivity index (χ1) is 13.3. The van der Waals surface area contributed by atoms with Crippen molar-refractivity contribution in [1.29, 1.82) is 0 Å². The average Bonchev–Trinajstić information content (AvgIpc) is 3.22. The van der Waals surface area contributed by atoms with Crippen LogP contribution in [0.3, 0.4) is 0 Å². The summed E-state index contributed by atoms with van der Waals surface area (Å²) in [7, 11) is 0. The van der Waals surface area contributed by atoms with E-state index in [0.29, 0.717) is 6.54 Å². The van der Waals surface area contributed by atoms with Gasteiger partial charge in [-0.05, 0) is 25.0 Å². The van der Waals surface area contributed by atoms with Crippen LogP contribution in [0.25, 0.3) is 11.3 Å². The highest BCUT2D eigenvalue weighted by molar-refractivity contribution is 7.09. The Morgan fingerprint density at radius 2 is 2.04 bits per heavy atom. The third-order valence-corrected chi connectivity index (χ3v) is 5.65. The number of hydrogen-bond donors (Lipinski definition) is 1. The van der Waals surface area contributed by atoms with E-state index in [-0.39, 0.29) is 11.8 Å². The van der Waals surface area contributed by atoms with E-state index in [1.807, 2.05) is 53.9 Å². The quantitative estimate of drug-likeness (QED) is 0.735. The molecule has 3 aromatic rings. The van der Waals surface area contributed by atoms with Crippen LogP contribution in [0.2, 0.25) is 0 Å². The van der Waals surface area contributed by atoms with E-state index in [1.54, 1.807) is 17.5 Å². The third kappa shape index (κ3) is 4.34. The summed E-state index contributed by atoms with van der Waals surface area (Å²) in [6.07, 6.45) is 3.72. The molecule has 4 rings (SSSR count). The molecule has 1 atom stereocenters. The lowest BCUT2D eigenvalue weighted by molar-refractivity contribution is -0.125. The second kappa shape index (κ2) is 8.31. The lowest BCUT2D eigenvalue weighted by Gasteiger charge is -2.32. The van der Waals surface area contributed by atoms with E-state index in [4.69, 9.17) is 0 Å². The van der Waals surface area contributed by atoms with Crippen molar-refractivity contribution in [1.82, 2.24) is 15.3 Å². The molecular formula is C21H22N4OS. The highest BCUT2D eigenvalue weighted by Gasteiger charge is 2.26. The number of hydrogen-bond acceptors (Lipinski definition) is 5. The number of thiazole rings is 1. The Hall–Kier alpha value is -2.73. The van der Waals surface area contributed by atoms with E-state index < -0.39 is 0 Å².